The number of nitrogens with two attached hydrogens (primary N) is 2. The number of benzene rings is 1. The van der Waals surface area contributed by atoms with E-state index in [1.165, 1.54) is 0 Å². The van der Waals surface area contributed by atoms with E-state index in [1.807, 2.05) is 18.2 Å². The Morgan fingerprint density at radius 1 is 1.07 bits per heavy atom. The Balaban J connectivity index is 0. The topological polar surface area (TPSA) is 113 Å². The van der Waals surface area contributed by atoms with Crippen LogP contribution in [-0.2, 0) is 13.1 Å². The summed E-state index contributed by atoms with van der Waals surface area (Å²) in [5.74, 6) is 0. The molecule has 0 aliphatic rings. The third kappa shape index (κ3) is 11.0. The Kier molecular flexibility index (Phi) is 13.5. The van der Waals surface area contributed by atoms with E-state index in [1.54, 1.807) is 0 Å². The van der Waals surface area contributed by atoms with Crippen LogP contribution in [-0.4, -0.2) is 22.4 Å². The molecule has 0 fully saturated rings. The molecule has 0 aromatic heterocycles. The van der Waals surface area contributed by atoms with Gasteiger partial charge in [-0.1, -0.05) is 0 Å². The Labute approximate surface area is 132 Å². The van der Waals surface area contributed by atoms with Gasteiger partial charge < -0.3 is 26.5 Å². The van der Waals surface area contributed by atoms with E-state index in [4.69, 9.17) is 26.5 Å². The first-order chi connectivity index (χ1) is 6.60. The smallest absolute Gasteiger partial charge is 0.402 e. The number of hydrogen-bond acceptors (Lipinski definition) is 5. The van der Waals surface area contributed by atoms with Crippen LogP contribution in [0, 0.1) is 6.07 Å². The summed E-state index contributed by atoms with van der Waals surface area (Å²) in [6.45, 7) is 1.12. The van der Waals surface area contributed by atoms with Gasteiger partial charge in [-0.25, -0.2) is 0 Å². The van der Waals surface area contributed by atoms with Crippen molar-refractivity contribution in [2.45, 2.75) is 13.1 Å². The van der Waals surface area contributed by atoms with Gasteiger partial charge in [0, 0.05) is 0 Å². The fraction of sp³-hybridized carbons (Fsp3) is 0.250. The standard InChI is InChI=1S/C8H11N2.BH3O3.K/c9-5-7-2-1-3-8(4-7)6-10;2-1(3)4;/h2-4H,5-6,9-10H2;2-4H;/q-1;;+1. The molecule has 1 aromatic rings. The van der Waals surface area contributed by atoms with Gasteiger partial charge in [0.25, 0.3) is 0 Å². The summed E-state index contributed by atoms with van der Waals surface area (Å²) in [6.07, 6.45) is 0. The molecule has 0 heterocycles. The van der Waals surface area contributed by atoms with Crippen molar-refractivity contribution in [2.24, 2.45) is 11.5 Å². The molecule has 0 amide bonds. The van der Waals surface area contributed by atoms with Crippen LogP contribution in [0.5, 0.6) is 0 Å². The van der Waals surface area contributed by atoms with Gasteiger partial charge in [0.1, 0.15) is 0 Å². The van der Waals surface area contributed by atoms with E-state index in [0.29, 0.717) is 13.1 Å². The molecule has 7 N–H and O–H groups in total. The Bertz CT molecular complexity index is 241. The van der Waals surface area contributed by atoms with E-state index >= 15 is 0 Å². The normalized spacial score (nSPS) is 8.33. The minimum atomic E-state index is -2.17. The molecule has 78 valence electrons. The van der Waals surface area contributed by atoms with Crippen molar-refractivity contribution < 1.29 is 66.5 Å². The minimum Gasteiger partial charge on any atom is -0.402 e. The minimum absolute atomic E-state index is 0. The summed E-state index contributed by atoms with van der Waals surface area (Å²) < 4.78 is 0. The third-order valence-corrected chi connectivity index (χ3v) is 1.38. The van der Waals surface area contributed by atoms with Gasteiger partial charge in [-0.2, -0.15) is 24.3 Å². The first-order valence-electron chi connectivity index (χ1n) is 4.03. The fourth-order valence-corrected chi connectivity index (χ4v) is 0.813. The Hall–Kier alpha value is 0.721. The van der Waals surface area contributed by atoms with Crippen molar-refractivity contribution in [1.29, 1.82) is 0 Å². The summed E-state index contributed by atoms with van der Waals surface area (Å²) in [7, 11) is -2.17. The zero-order valence-electron chi connectivity index (χ0n) is 8.72. The van der Waals surface area contributed by atoms with Gasteiger partial charge in [0.05, 0.1) is 0 Å². The average Bonchev–Trinajstić information content (AvgIpc) is 2.17. The molecular formula is C8H14BKN2O3. The van der Waals surface area contributed by atoms with Crippen molar-refractivity contribution in [2.75, 3.05) is 0 Å². The van der Waals surface area contributed by atoms with Gasteiger partial charge in [0.15, 0.2) is 0 Å². The third-order valence-electron chi connectivity index (χ3n) is 1.38. The van der Waals surface area contributed by atoms with Gasteiger partial charge in [-0.15, -0.1) is 11.1 Å². The second-order valence-electron chi connectivity index (χ2n) is 2.50. The van der Waals surface area contributed by atoms with Gasteiger partial charge >= 0.3 is 58.7 Å². The SMILES string of the molecule is NCc1c[c-]cc(CN)c1.OB(O)O.[K+]. The van der Waals surface area contributed by atoms with Crippen LogP contribution in [0.15, 0.2) is 18.2 Å². The van der Waals surface area contributed by atoms with E-state index < -0.39 is 7.32 Å². The van der Waals surface area contributed by atoms with E-state index in [-0.39, 0.29) is 51.4 Å². The van der Waals surface area contributed by atoms with E-state index in [0.717, 1.165) is 11.1 Å². The second kappa shape index (κ2) is 11.2. The van der Waals surface area contributed by atoms with Gasteiger partial charge in [-0.05, 0) is 13.1 Å². The van der Waals surface area contributed by atoms with Crippen molar-refractivity contribution >= 4 is 7.32 Å². The van der Waals surface area contributed by atoms with Crippen LogP contribution in [0.2, 0.25) is 0 Å². The molecule has 0 aliphatic heterocycles. The molecule has 1 aromatic carbocycles. The zero-order chi connectivity index (χ0) is 11.0. The molecule has 15 heavy (non-hydrogen) atoms. The maximum absolute atomic E-state index is 7.17. The van der Waals surface area contributed by atoms with Crippen LogP contribution in [0.25, 0.3) is 0 Å². The molecule has 0 saturated heterocycles. The van der Waals surface area contributed by atoms with E-state index in [9.17, 15) is 0 Å². The molecule has 0 saturated carbocycles. The first kappa shape index (κ1) is 18.1. The Morgan fingerprint density at radius 3 is 1.67 bits per heavy atom. The molecule has 0 unspecified atom stereocenters. The predicted molar refractivity (Wildman–Crippen MR) is 53.5 cm³/mol. The molecule has 0 bridgehead atoms. The maximum Gasteiger partial charge on any atom is 1.00 e. The molecule has 7 heteroatoms. The van der Waals surface area contributed by atoms with Crippen LogP contribution in [0.4, 0.5) is 0 Å². The molecule has 0 radical (unpaired) electrons. The van der Waals surface area contributed by atoms with Crippen molar-refractivity contribution in [3.8, 4) is 0 Å². The molecule has 0 aliphatic carbocycles. The van der Waals surface area contributed by atoms with Gasteiger partial charge in [-0.3, -0.25) is 0 Å². The molecule has 0 spiro atoms. The van der Waals surface area contributed by atoms with Gasteiger partial charge in [0.2, 0.25) is 0 Å². The number of rotatable bonds is 2. The maximum atomic E-state index is 7.17. The first-order valence-corrected chi connectivity index (χ1v) is 4.03. The van der Waals surface area contributed by atoms with Crippen molar-refractivity contribution in [1.82, 2.24) is 0 Å². The largest absolute Gasteiger partial charge is 1.00 e. The van der Waals surface area contributed by atoms with Crippen LogP contribution < -0.4 is 62.9 Å². The van der Waals surface area contributed by atoms with E-state index in [2.05, 4.69) is 6.07 Å². The summed E-state index contributed by atoms with van der Waals surface area (Å²) in [5, 5.41) is 21.5. The van der Waals surface area contributed by atoms with Crippen LogP contribution in [0.3, 0.4) is 0 Å². The molecular weight excluding hydrogens is 222 g/mol. The van der Waals surface area contributed by atoms with Crippen LogP contribution >= 0.6 is 0 Å². The van der Waals surface area contributed by atoms with Crippen LogP contribution in [0.1, 0.15) is 11.1 Å². The second-order valence-corrected chi connectivity index (χ2v) is 2.50. The average molecular weight is 236 g/mol. The summed E-state index contributed by atoms with van der Waals surface area (Å²) in [5.41, 5.74) is 13.0. The summed E-state index contributed by atoms with van der Waals surface area (Å²) >= 11 is 0. The predicted octanol–water partition coefficient (Wildman–Crippen LogP) is -4.64. The fourth-order valence-electron chi connectivity index (χ4n) is 0.813. The van der Waals surface area contributed by atoms with Crippen molar-refractivity contribution in [3.63, 3.8) is 0 Å². The quantitative estimate of drug-likeness (QED) is 0.262. The summed E-state index contributed by atoms with van der Waals surface area (Å²) in [4.78, 5) is 0. The molecule has 0 atom stereocenters. The van der Waals surface area contributed by atoms with Crippen molar-refractivity contribution in [3.05, 3.63) is 35.4 Å². The zero-order valence-corrected chi connectivity index (χ0v) is 11.8. The molecule has 5 nitrogen and oxygen atoms in total. The summed E-state index contributed by atoms with van der Waals surface area (Å²) in [6, 6.07) is 8.72. The number of hydrogen-bond donors (Lipinski definition) is 5. The Morgan fingerprint density at radius 2 is 1.40 bits per heavy atom. The monoisotopic (exact) mass is 236 g/mol. The molecule has 1 rings (SSSR count).